The first-order valence-electron chi connectivity index (χ1n) is 6.32. The van der Waals surface area contributed by atoms with Crippen LogP contribution in [0.4, 0.5) is 0 Å². The fraction of sp³-hybridized carbons (Fsp3) is 0.333. The topological polar surface area (TPSA) is 25.2 Å². The van der Waals surface area contributed by atoms with E-state index in [2.05, 4.69) is 57.8 Å². The Morgan fingerprint density at radius 1 is 1.28 bits per heavy atom. The van der Waals surface area contributed by atoms with E-state index < -0.39 is 0 Å². The molecule has 0 spiro atoms. The largest absolute Gasteiger partial charge is 0.388 e. The molecule has 0 saturated heterocycles. The Morgan fingerprint density at radius 2 is 2.00 bits per heavy atom. The molecule has 1 heterocycles. The summed E-state index contributed by atoms with van der Waals surface area (Å²) in [5.41, 5.74) is 4.75. The van der Waals surface area contributed by atoms with Gasteiger partial charge in [0, 0.05) is 27.1 Å². The van der Waals surface area contributed by atoms with Crippen molar-refractivity contribution < 1.29 is 5.11 Å². The molecular formula is C15H16BrNO. The van der Waals surface area contributed by atoms with Crippen LogP contribution in [-0.4, -0.2) is 9.67 Å². The Labute approximate surface area is 115 Å². The summed E-state index contributed by atoms with van der Waals surface area (Å²) in [5, 5.41) is 10.1. The van der Waals surface area contributed by atoms with E-state index in [1.54, 1.807) is 0 Å². The average molecular weight is 306 g/mol. The minimum Gasteiger partial charge on any atom is -0.388 e. The van der Waals surface area contributed by atoms with Crippen LogP contribution in [0.1, 0.15) is 35.9 Å². The smallest absolute Gasteiger partial charge is 0.0807 e. The van der Waals surface area contributed by atoms with Crippen LogP contribution in [0.3, 0.4) is 0 Å². The predicted octanol–water partition coefficient (Wildman–Crippen LogP) is 3.92. The molecule has 0 saturated carbocycles. The van der Waals surface area contributed by atoms with Crippen LogP contribution in [-0.2, 0) is 6.42 Å². The number of aliphatic hydroxyl groups excluding tert-OH is 1. The lowest BCUT2D eigenvalue weighted by atomic mass is 9.95. The van der Waals surface area contributed by atoms with Gasteiger partial charge in [0.25, 0.3) is 0 Å². The van der Waals surface area contributed by atoms with Crippen molar-refractivity contribution in [3.05, 3.63) is 51.8 Å². The predicted molar refractivity (Wildman–Crippen MR) is 76.1 cm³/mol. The molecule has 2 nitrogen and oxygen atoms in total. The molecule has 0 radical (unpaired) electrons. The Balaban J connectivity index is 2.15. The van der Waals surface area contributed by atoms with Gasteiger partial charge in [0.1, 0.15) is 0 Å². The van der Waals surface area contributed by atoms with Crippen molar-refractivity contribution in [3.63, 3.8) is 0 Å². The van der Waals surface area contributed by atoms with Crippen molar-refractivity contribution in [3.8, 4) is 5.69 Å². The van der Waals surface area contributed by atoms with E-state index in [1.165, 1.54) is 17.1 Å². The van der Waals surface area contributed by atoms with Crippen molar-refractivity contribution in [2.75, 3.05) is 0 Å². The van der Waals surface area contributed by atoms with Gasteiger partial charge in [-0.2, -0.15) is 0 Å². The van der Waals surface area contributed by atoms with Crippen LogP contribution in [0.5, 0.6) is 0 Å². The maximum atomic E-state index is 10.1. The zero-order valence-corrected chi connectivity index (χ0v) is 11.9. The summed E-state index contributed by atoms with van der Waals surface area (Å²) in [6, 6.07) is 10.5. The average Bonchev–Trinajstić information content (AvgIpc) is 2.69. The maximum Gasteiger partial charge on any atom is 0.0807 e. The molecule has 1 atom stereocenters. The third kappa shape index (κ3) is 1.91. The highest BCUT2D eigenvalue weighted by molar-refractivity contribution is 9.10. The van der Waals surface area contributed by atoms with Crippen LogP contribution in [0.2, 0.25) is 0 Å². The number of aryl methyl sites for hydroxylation is 1. The number of hydrogen-bond acceptors (Lipinski definition) is 1. The van der Waals surface area contributed by atoms with Gasteiger partial charge in [0.05, 0.1) is 6.10 Å². The molecule has 0 amide bonds. The summed E-state index contributed by atoms with van der Waals surface area (Å²) in [4.78, 5) is 0. The van der Waals surface area contributed by atoms with E-state index >= 15 is 0 Å². The van der Waals surface area contributed by atoms with Crippen molar-refractivity contribution in [1.29, 1.82) is 0 Å². The molecule has 0 fully saturated rings. The van der Waals surface area contributed by atoms with Crippen molar-refractivity contribution in [1.82, 2.24) is 4.57 Å². The quantitative estimate of drug-likeness (QED) is 0.849. The second-order valence-electron chi connectivity index (χ2n) is 4.91. The van der Waals surface area contributed by atoms with E-state index in [-0.39, 0.29) is 6.10 Å². The Hall–Kier alpha value is -1.06. The number of aliphatic hydroxyl groups is 1. The van der Waals surface area contributed by atoms with Gasteiger partial charge in [0.2, 0.25) is 0 Å². The molecule has 2 aromatic rings. The van der Waals surface area contributed by atoms with Gasteiger partial charge in [-0.05, 0) is 56.5 Å². The van der Waals surface area contributed by atoms with Gasteiger partial charge in [0.15, 0.2) is 0 Å². The lowest BCUT2D eigenvalue weighted by molar-refractivity contribution is 0.156. The highest BCUT2D eigenvalue weighted by atomic mass is 79.9. The Kier molecular flexibility index (Phi) is 3.04. The van der Waals surface area contributed by atoms with E-state index in [1.807, 2.05) is 0 Å². The van der Waals surface area contributed by atoms with E-state index in [0.717, 1.165) is 29.3 Å². The van der Waals surface area contributed by atoms with Crippen LogP contribution in [0, 0.1) is 6.92 Å². The number of fused-ring (bicyclic) bond motifs is 1. The van der Waals surface area contributed by atoms with Crippen molar-refractivity contribution >= 4 is 15.9 Å². The van der Waals surface area contributed by atoms with E-state index in [0.29, 0.717) is 0 Å². The normalized spacial score (nSPS) is 18.7. The molecule has 1 aliphatic carbocycles. The summed E-state index contributed by atoms with van der Waals surface area (Å²) in [6.45, 7) is 2.10. The first kappa shape index (κ1) is 12.0. The highest BCUT2D eigenvalue weighted by Gasteiger charge is 2.23. The summed E-state index contributed by atoms with van der Waals surface area (Å²) < 4.78 is 3.36. The van der Waals surface area contributed by atoms with E-state index in [4.69, 9.17) is 0 Å². The third-order valence-corrected chi connectivity index (χ3v) is 4.18. The first-order valence-corrected chi connectivity index (χ1v) is 7.11. The molecule has 1 aliphatic rings. The lowest BCUT2D eigenvalue weighted by Gasteiger charge is -2.20. The van der Waals surface area contributed by atoms with Crippen LogP contribution < -0.4 is 0 Å². The molecule has 1 N–H and O–H groups in total. The summed E-state index contributed by atoms with van der Waals surface area (Å²) in [7, 11) is 0. The standard InChI is InChI=1S/C15H16BrNO/c1-10-9-13-14(3-2-4-15(13)18)17(10)12-7-5-11(16)6-8-12/h5-9,15,18H,2-4H2,1H3. The second-order valence-corrected chi connectivity index (χ2v) is 5.82. The summed E-state index contributed by atoms with van der Waals surface area (Å²) in [6.07, 6.45) is 2.71. The molecule has 18 heavy (non-hydrogen) atoms. The van der Waals surface area contributed by atoms with Gasteiger partial charge < -0.3 is 9.67 Å². The Morgan fingerprint density at radius 3 is 2.72 bits per heavy atom. The monoisotopic (exact) mass is 305 g/mol. The Bertz CT molecular complexity index is 571. The van der Waals surface area contributed by atoms with Crippen molar-refractivity contribution in [2.24, 2.45) is 0 Å². The molecule has 0 aliphatic heterocycles. The molecule has 1 unspecified atom stereocenters. The molecule has 1 aromatic heterocycles. The molecule has 0 bridgehead atoms. The highest BCUT2D eigenvalue weighted by Crippen LogP contribution is 2.34. The van der Waals surface area contributed by atoms with Crippen LogP contribution in [0.25, 0.3) is 5.69 Å². The van der Waals surface area contributed by atoms with Gasteiger partial charge >= 0.3 is 0 Å². The fourth-order valence-corrected chi connectivity index (χ4v) is 3.09. The first-order chi connectivity index (χ1) is 8.66. The molecule has 94 valence electrons. The van der Waals surface area contributed by atoms with Crippen molar-refractivity contribution in [2.45, 2.75) is 32.3 Å². The lowest BCUT2D eigenvalue weighted by Crippen LogP contribution is -2.11. The number of halogens is 1. The summed E-state index contributed by atoms with van der Waals surface area (Å²) >= 11 is 3.46. The third-order valence-electron chi connectivity index (χ3n) is 3.66. The second kappa shape index (κ2) is 4.56. The van der Waals surface area contributed by atoms with E-state index in [9.17, 15) is 5.11 Å². The zero-order valence-electron chi connectivity index (χ0n) is 10.4. The number of aromatic nitrogens is 1. The van der Waals surface area contributed by atoms with Gasteiger partial charge in [-0.25, -0.2) is 0 Å². The van der Waals surface area contributed by atoms with Gasteiger partial charge in [-0.15, -0.1) is 0 Å². The maximum absolute atomic E-state index is 10.1. The SMILES string of the molecule is Cc1cc2c(n1-c1ccc(Br)cc1)CCCC2O. The molecule has 1 aromatic carbocycles. The zero-order chi connectivity index (χ0) is 12.7. The van der Waals surface area contributed by atoms with Crippen LogP contribution >= 0.6 is 15.9 Å². The fourth-order valence-electron chi connectivity index (χ4n) is 2.83. The minimum absolute atomic E-state index is 0.288. The minimum atomic E-state index is -0.288. The number of benzene rings is 1. The number of rotatable bonds is 1. The number of nitrogens with zero attached hydrogens (tertiary/aromatic N) is 1. The van der Waals surface area contributed by atoms with Crippen LogP contribution in [0.15, 0.2) is 34.8 Å². The summed E-state index contributed by atoms with van der Waals surface area (Å²) in [5.74, 6) is 0. The van der Waals surface area contributed by atoms with Gasteiger partial charge in [-0.1, -0.05) is 15.9 Å². The molecule has 3 heteroatoms. The molecular weight excluding hydrogens is 290 g/mol. The van der Waals surface area contributed by atoms with Gasteiger partial charge in [-0.3, -0.25) is 0 Å². The number of hydrogen-bond donors (Lipinski definition) is 1. The molecule has 3 rings (SSSR count).